The van der Waals surface area contributed by atoms with Crippen LogP contribution in [-0.2, 0) is 9.84 Å². The normalized spacial score (nSPS) is 12.9. The van der Waals surface area contributed by atoms with Gasteiger partial charge in [-0.15, -0.1) is 0 Å². The maximum absolute atomic E-state index is 11.6. The monoisotopic (exact) mass is 325 g/mol. The Bertz CT molecular complexity index is 731. The van der Waals surface area contributed by atoms with Gasteiger partial charge >= 0.3 is 0 Å². The van der Waals surface area contributed by atoms with E-state index in [9.17, 15) is 8.42 Å². The van der Waals surface area contributed by atoms with E-state index < -0.39 is 15.9 Å². The van der Waals surface area contributed by atoms with Crippen LogP contribution in [0.15, 0.2) is 53.4 Å². The molecule has 2 N–H and O–H groups in total. The van der Waals surface area contributed by atoms with Gasteiger partial charge in [0.25, 0.3) is 0 Å². The fraction of sp³-hybridized carbons (Fsp3) is 0.200. The Morgan fingerprint density at radius 2 is 1.90 bits per heavy atom. The molecule has 4 nitrogen and oxygen atoms in total. The first-order valence-corrected chi connectivity index (χ1v) is 8.59. The third kappa shape index (κ3) is 4.20. The van der Waals surface area contributed by atoms with Crippen LogP contribution in [0.1, 0.15) is 11.7 Å². The predicted octanol–water partition coefficient (Wildman–Crippen LogP) is 2.82. The van der Waals surface area contributed by atoms with Crippen molar-refractivity contribution < 1.29 is 13.2 Å². The highest BCUT2D eigenvalue weighted by molar-refractivity contribution is 7.90. The Morgan fingerprint density at radius 3 is 2.52 bits per heavy atom. The van der Waals surface area contributed by atoms with Crippen molar-refractivity contribution in [2.75, 3.05) is 12.8 Å². The highest BCUT2D eigenvalue weighted by Gasteiger charge is 2.14. The lowest BCUT2D eigenvalue weighted by Crippen LogP contribution is -2.18. The molecule has 2 aromatic carbocycles. The van der Waals surface area contributed by atoms with Gasteiger partial charge in [-0.2, -0.15) is 0 Å². The molecule has 112 valence electrons. The van der Waals surface area contributed by atoms with Crippen molar-refractivity contribution in [1.82, 2.24) is 0 Å². The number of hydrogen-bond donors (Lipinski definition) is 1. The molecule has 0 aliphatic heterocycles. The summed E-state index contributed by atoms with van der Waals surface area (Å²) >= 11 is 5.96. The van der Waals surface area contributed by atoms with Gasteiger partial charge in [-0.1, -0.05) is 29.8 Å². The van der Waals surface area contributed by atoms with Crippen molar-refractivity contribution in [2.45, 2.75) is 11.0 Å². The van der Waals surface area contributed by atoms with Crippen molar-refractivity contribution >= 4 is 21.4 Å². The first-order valence-electron chi connectivity index (χ1n) is 6.32. The molecular formula is C15H16ClNO3S. The van der Waals surface area contributed by atoms with E-state index in [4.69, 9.17) is 22.1 Å². The maximum Gasteiger partial charge on any atom is 0.175 e. The van der Waals surface area contributed by atoms with E-state index in [2.05, 4.69) is 0 Å². The Labute approximate surface area is 129 Å². The summed E-state index contributed by atoms with van der Waals surface area (Å²) in [5.74, 6) is 0.452. The van der Waals surface area contributed by atoms with E-state index in [1.807, 2.05) is 12.1 Å². The van der Waals surface area contributed by atoms with Gasteiger partial charge < -0.3 is 10.5 Å². The summed E-state index contributed by atoms with van der Waals surface area (Å²) in [4.78, 5) is 0.210. The van der Waals surface area contributed by atoms with Crippen LogP contribution in [0.25, 0.3) is 0 Å². The molecule has 0 aliphatic rings. The molecule has 0 heterocycles. The average Bonchev–Trinajstić information content (AvgIpc) is 2.44. The third-order valence-corrected chi connectivity index (χ3v) is 4.29. The zero-order chi connectivity index (χ0) is 15.5. The number of sulfone groups is 1. The summed E-state index contributed by atoms with van der Waals surface area (Å²) in [5, 5.41) is 0.597. The molecule has 6 heteroatoms. The highest BCUT2D eigenvalue weighted by Crippen LogP contribution is 2.25. The van der Waals surface area contributed by atoms with Crippen LogP contribution in [0.4, 0.5) is 0 Å². The summed E-state index contributed by atoms with van der Waals surface area (Å²) in [6.07, 6.45) is 0.766. The number of halogens is 1. The number of benzene rings is 2. The fourth-order valence-electron chi connectivity index (χ4n) is 1.90. The highest BCUT2D eigenvalue weighted by atomic mass is 35.5. The topological polar surface area (TPSA) is 69.4 Å². The lowest BCUT2D eigenvalue weighted by atomic mass is 10.1. The summed E-state index contributed by atoms with van der Waals surface area (Å²) in [5.41, 5.74) is 6.58. The molecule has 2 aromatic rings. The van der Waals surface area contributed by atoms with Crippen LogP contribution in [0.3, 0.4) is 0 Å². The molecule has 21 heavy (non-hydrogen) atoms. The number of rotatable bonds is 5. The zero-order valence-corrected chi connectivity index (χ0v) is 13.1. The molecule has 1 unspecified atom stereocenters. The van der Waals surface area contributed by atoms with Crippen LogP contribution < -0.4 is 10.5 Å². The van der Waals surface area contributed by atoms with Crippen molar-refractivity contribution in [1.29, 1.82) is 0 Å². The average molecular weight is 326 g/mol. The van der Waals surface area contributed by atoms with Crippen molar-refractivity contribution in [2.24, 2.45) is 5.73 Å². The minimum Gasteiger partial charge on any atom is -0.484 e. The number of ether oxygens (including phenoxy) is 1. The second-order valence-electron chi connectivity index (χ2n) is 4.64. The Balaban J connectivity index is 2.27. The lowest BCUT2D eigenvalue weighted by molar-refractivity contribution is 0.213. The summed E-state index contributed by atoms with van der Waals surface area (Å²) < 4.78 is 28.9. The number of nitrogens with two attached hydrogens (primary N) is 1. The van der Waals surface area contributed by atoms with Crippen molar-refractivity contribution in [3.63, 3.8) is 0 Å². The van der Waals surface area contributed by atoms with E-state index in [0.717, 1.165) is 11.8 Å². The fourth-order valence-corrected chi connectivity index (χ4v) is 2.76. The minimum atomic E-state index is -3.27. The van der Waals surface area contributed by atoms with Gasteiger partial charge in [-0.3, -0.25) is 0 Å². The molecule has 0 amide bonds. The van der Waals surface area contributed by atoms with Crippen LogP contribution in [0, 0.1) is 0 Å². The van der Waals surface area contributed by atoms with Crippen LogP contribution in [0.5, 0.6) is 5.75 Å². The van der Waals surface area contributed by atoms with E-state index in [1.165, 1.54) is 12.1 Å². The van der Waals surface area contributed by atoms with Crippen molar-refractivity contribution in [3.8, 4) is 5.75 Å². The molecule has 0 saturated heterocycles. The Morgan fingerprint density at radius 1 is 1.19 bits per heavy atom. The predicted molar refractivity (Wildman–Crippen MR) is 83.4 cm³/mol. The quantitative estimate of drug-likeness (QED) is 0.917. The molecule has 0 spiro atoms. The molecule has 0 aliphatic carbocycles. The van der Waals surface area contributed by atoms with Crippen molar-refractivity contribution in [3.05, 3.63) is 59.1 Å². The summed E-state index contributed by atoms with van der Waals surface area (Å²) in [7, 11) is -3.27. The largest absolute Gasteiger partial charge is 0.484 e. The smallest absolute Gasteiger partial charge is 0.175 e. The van der Waals surface area contributed by atoms with Crippen LogP contribution >= 0.6 is 11.6 Å². The Kier molecular flexibility index (Phi) is 4.88. The molecule has 2 rings (SSSR count). The molecule has 1 atom stereocenters. The molecule has 0 bridgehead atoms. The van der Waals surface area contributed by atoms with Crippen LogP contribution in [-0.4, -0.2) is 21.2 Å². The Hall–Kier alpha value is -1.56. The minimum absolute atomic E-state index is 0.210. The van der Waals surface area contributed by atoms with Gasteiger partial charge in [0.05, 0.1) is 4.90 Å². The molecule has 0 saturated carbocycles. The number of hydrogen-bond acceptors (Lipinski definition) is 4. The van der Waals surface area contributed by atoms with E-state index in [1.54, 1.807) is 24.3 Å². The second-order valence-corrected chi connectivity index (χ2v) is 7.10. The first-order chi connectivity index (χ1) is 9.90. The molecule has 0 aromatic heterocycles. The van der Waals surface area contributed by atoms with E-state index >= 15 is 0 Å². The molecular weight excluding hydrogens is 310 g/mol. The van der Waals surface area contributed by atoms with Crippen LogP contribution in [0.2, 0.25) is 5.02 Å². The van der Waals surface area contributed by atoms with E-state index in [0.29, 0.717) is 10.8 Å². The first kappa shape index (κ1) is 15.8. The molecule has 0 fully saturated rings. The standard InChI is InChI=1S/C15H16ClNO3S/c1-21(18,19)14-7-3-6-13(9-14)20-15(10-17)11-4-2-5-12(16)8-11/h2-9,15H,10,17H2,1H3. The van der Waals surface area contributed by atoms with Gasteiger partial charge in [0.2, 0.25) is 0 Å². The summed E-state index contributed by atoms with van der Waals surface area (Å²) in [6.45, 7) is 0.253. The van der Waals surface area contributed by atoms with Gasteiger partial charge in [0.15, 0.2) is 9.84 Å². The lowest BCUT2D eigenvalue weighted by Gasteiger charge is -2.18. The van der Waals surface area contributed by atoms with E-state index in [-0.39, 0.29) is 11.4 Å². The van der Waals surface area contributed by atoms with Gasteiger partial charge in [-0.25, -0.2) is 8.42 Å². The summed E-state index contributed by atoms with van der Waals surface area (Å²) in [6, 6.07) is 13.6. The maximum atomic E-state index is 11.6. The SMILES string of the molecule is CS(=O)(=O)c1cccc(OC(CN)c2cccc(Cl)c2)c1. The van der Waals surface area contributed by atoms with Gasteiger partial charge in [0, 0.05) is 17.8 Å². The second kappa shape index (κ2) is 6.47. The molecule has 0 radical (unpaired) electrons. The third-order valence-electron chi connectivity index (χ3n) is 2.95. The zero-order valence-electron chi connectivity index (χ0n) is 11.5. The van der Waals surface area contributed by atoms with Gasteiger partial charge in [0.1, 0.15) is 11.9 Å². The van der Waals surface area contributed by atoms with Gasteiger partial charge in [-0.05, 0) is 35.9 Å².